The van der Waals surface area contributed by atoms with Crippen molar-refractivity contribution in [1.82, 2.24) is 36.5 Å². The maximum atomic E-state index is 14.3. The van der Waals surface area contributed by atoms with Gasteiger partial charge in [0.25, 0.3) is 0 Å². The molecule has 64 heavy (non-hydrogen) atoms. The smallest absolute Gasteiger partial charge is 0.481 e. The fourth-order valence-corrected chi connectivity index (χ4v) is 8.56. The molecule has 7 amide bonds. The Hall–Kier alpha value is -6.25. The lowest BCUT2D eigenvalue weighted by Crippen LogP contribution is -2.59. The van der Waals surface area contributed by atoms with Crippen molar-refractivity contribution >= 4 is 91.7 Å². The molecule has 0 radical (unpaired) electrons. The molecule has 1 aromatic heterocycles. The predicted octanol–water partition coefficient (Wildman–Crippen LogP) is -1.42. The topological polar surface area (TPSA) is 364 Å². The van der Waals surface area contributed by atoms with Gasteiger partial charge >= 0.3 is 18.1 Å². The third kappa shape index (κ3) is 17.1. The SMILES string of the molecule is NC(=O)[C@@H]1CSSCCC(=O)N[C@@H](CCCCN=C(N)N)C(=O)NCC(=O)N[C@@H](CC(=O)O)C(=O)N[C@@H](Cc2c[nH]c3ccccc23)C(=O)N2CCC[C@H]2C(=O)N1.O=C(O)C(F)(F)F. The number of H-pyrrole nitrogens is 1. The largest absolute Gasteiger partial charge is 0.490 e. The highest BCUT2D eigenvalue weighted by molar-refractivity contribution is 8.76. The van der Waals surface area contributed by atoms with Crippen molar-refractivity contribution in [2.75, 3.05) is 31.1 Å². The Balaban J connectivity index is 0.00000143. The number of carboxylic acids is 2. The number of alkyl halides is 3. The minimum absolute atomic E-state index is 0.0195. The highest BCUT2D eigenvalue weighted by Gasteiger charge is 2.40. The fraction of sp³-hybridized carbons (Fsp3) is 0.514. The first-order valence-electron chi connectivity index (χ1n) is 19.6. The number of hydrogen-bond acceptors (Lipinski definition) is 12. The number of carboxylic acid groups (broad SMARTS) is 2. The fourth-order valence-electron chi connectivity index (χ4n) is 6.39. The van der Waals surface area contributed by atoms with Crippen LogP contribution in [0.25, 0.3) is 10.9 Å². The second-order valence-corrected chi connectivity index (χ2v) is 16.9. The van der Waals surface area contributed by atoms with Gasteiger partial charge in [-0.1, -0.05) is 39.8 Å². The number of carbonyl (C=O) groups excluding carboxylic acids is 7. The molecule has 2 aliphatic rings. The standard InChI is InChI=1S/C35H49N11O9S2.C2HF3O2/c36-30(51)25-18-57-56-13-10-27(47)42-22(8-3-4-11-39-35(37)38)31(52)41-17-28(48)43-23(15-29(49)50)32(53)44-24(14-19-16-40-21-7-2-1-6-20(19)21)34(55)46-12-5-9-26(46)33(54)45-25;3-2(4,5)1(6)7/h1-2,6-7,16,22-26,40H,3-5,8-15,17-18H2,(H2,36,51)(H,41,52)(H,42,47)(H,43,48)(H,44,53)(H,45,54)(H,49,50)(H4,37,38,39);(H,6,7)/t22-,23-,24-,25-,26-;/m0./s1. The molecule has 0 spiro atoms. The third-order valence-electron chi connectivity index (χ3n) is 9.49. The first-order valence-corrected chi connectivity index (χ1v) is 22.1. The molecule has 1 aromatic carbocycles. The van der Waals surface area contributed by atoms with Crippen molar-refractivity contribution in [3.05, 3.63) is 36.0 Å². The summed E-state index contributed by atoms with van der Waals surface area (Å²) in [7, 11) is 2.45. The van der Waals surface area contributed by atoms with Crippen LogP contribution in [0.1, 0.15) is 50.5 Å². The molecule has 0 aliphatic carbocycles. The number of hydrogen-bond donors (Lipinski definition) is 11. The molecule has 0 saturated carbocycles. The second-order valence-electron chi connectivity index (χ2n) is 14.3. The summed E-state index contributed by atoms with van der Waals surface area (Å²) in [4.78, 5) is 122. The number of aliphatic carboxylic acids is 2. The minimum Gasteiger partial charge on any atom is -0.481 e. The summed E-state index contributed by atoms with van der Waals surface area (Å²) in [5, 5.41) is 30.2. The molecule has 2 saturated heterocycles. The molecule has 22 nitrogen and oxygen atoms in total. The average molecular weight is 946 g/mol. The monoisotopic (exact) mass is 945 g/mol. The van der Waals surface area contributed by atoms with Crippen molar-refractivity contribution in [2.45, 2.75) is 87.8 Å². The van der Waals surface area contributed by atoms with Crippen LogP contribution in [0.4, 0.5) is 13.2 Å². The van der Waals surface area contributed by atoms with E-state index in [1.165, 1.54) is 26.5 Å². The number of amides is 7. The Morgan fingerprint density at radius 1 is 0.859 bits per heavy atom. The molecular weight excluding hydrogens is 896 g/mol. The molecule has 4 rings (SSSR count). The van der Waals surface area contributed by atoms with Crippen LogP contribution in [0.2, 0.25) is 0 Å². The maximum absolute atomic E-state index is 14.3. The van der Waals surface area contributed by atoms with E-state index in [-0.39, 0.29) is 56.2 Å². The van der Waals surface area contributed by atoms with Crippen molar-refractivity contribution in [3.63, 3.8) is 0 Å². The number of aliphatic imine (C=N–C) groups is 1. The summed E-state index contributed by atoms with van der Waals surface area (Å²) in [6.45, 7) is -0.233. The van der Waals surface area contributed by atoms with Gasteiger partial charge in [-0.2, -0.15) is 13.2 Å². The third-order valence-corrected chi connectivity index (χ3v) is 11.9. The van der Waals surface area contributed by atoms with Crippen LogP contribution >= 0.6 is 21.6 Å². The van der Waals surface area contributed by atoms with Gasteiger partial charge in [0.2, 0.25) is 41.4 Å². The number of primary amides is 1. The van der Waals surface area contributed by atoms with E-state index in [1.54, 1.807) is 12.3 Å². The minimum atomic E-state index is -5.08. The van der Waals surface area contributed by atoms with E-state index in [0.29, 0.717) is 24.8 Å². The Morgan fingerprint density at radius 3 is 2.20 bits per heavy atom. The number of unbranched alkanes of at least 4 members (excludes halogenated alkanes) is 1. The van der Waals surface area contributed by atoms with Crippen molar-refractivity contribution in [1.29, 1.82) is 0 Å². The van der Waals surface area contributed by atoms with Crippen LogP contribution < -0.4 is 43.8 Å². The zero-order valence-electron chi connectivity index (χ0n) is 34.1. The molecule has 2 fully saturated rings. The first-order chi connectivity index (χ1) is 30.2. The van der Waals surface area contributed by atoms with Crippen LogP contribution in [0.3, 0.4) is 0 Å². The normalized spacial score (nSPS) is 22.3. The van der Waals surface area contributed by atoms with Gasteiger partial charge < -0.3 is 63.9 Å². The van der Waals surface area contributed by atoms with Gasteiger partial charge in [-0.3, -0.25) is 43.3 Å². The Kier molecular flexibility index (Phi) is 20.5. The van der Waals surface area contributed by atoms with E-state index in [4.69, 9.17) is 27.1 Å². The summed E-state index contributed by atoms with van der Waals surface area (Å²) < 4.78 is 31.7. The summed E-state index contributed by atoms with van der Waals surface area (Å²) in [5.74, 6) is -9.11. The van der Waals surface area contributed by atoms with E-state index in [1.807, 2.05) is 18.2 Å². The van der Waals surface area contributed by atoms with Crippen LogP contribution in [-0.2, 0) is 49.6 Å². The summed E-state index contributed by atoms with van der Waals surface area (Å²) >= 11 is 0. The lowest BCUT2D eigenvalue weighted by molar-refractivity contribution is -0.192. The van der Waals surface area contributed by atoms with E-state index >= 15 is 0 Å². The lowest BCUT2D eigenvalue weighted by atomic mass is 10.0. The van der Waals surface area contributed by atoms with Crippen molar-refractivity contribution < 1.29 is 66.5 Å². The Bertz CT molecular complexity index is 2050. The van der Waals surface area contributed by atoms with Gasteiger partial charge in [-0.15, -0.1) is 0 Å². The van der Waals surface area contributed by atoms with Crippen molar-refractivity contribution in [3.8, 4) is 0 Å². The van der Waals surface area contributed by atoms with Crippen LogP contribution in [0, 0.1) is 0 Å². The van der Waals surface area contributed by atoms with E-state index in [2.05, 4.69) is 36.6 Å². The second kappa shape index (κ2) is 25.1. The molecular formula is C37H50F3N11O11S2. The number of aromatic nitrogens is 1. The number of para-hydroxylation sites is 1. The molecule has 5 atom stereocenters. The van der Waals surface area contributed by atoms with Gasteiger partial charge in [0, 0.05) is 54.5 Å². The quantitative estimate of drug-likeness (QED) is 0.0564. The number of nitrogens with zero attached hydrogens (tertiary/aromatic N) is 2. The number of halogens is 3. The maximum Gasteiger partial charge on any atom is 0.490 e. The molecule has 352 valence electrons. The van der Waals surface area contributed by atoms with Crippen molar-refractivity contribution in [2.24, 2.45) is 22.2 Å². The first kappa shape index (κ1) is 52.1. The number of rotatable bonds is 10. The number of guanidine groups is 1. The zero-order chi connectivity index (χ0) is 47.6. The summed E-state index contributed by atoms with van der Waals surface area (Å²) in [6.07, 6.45) is -2.60. The predicted molar refractivity (Wildman–Crippen MR) is 227 cm³/mol. The molecule has 0 bridgehead atoms. The highest BCUT2D eigenvalue weighted by atomic mass is 33.1. The van der Waals surface area contributed by atoms with Crippen LogP contribution in [0.15, 0.2) is 35.5 Å². The molecule has 27 heteroatoms. The van der Waals surface area contributed by atoms with Crippen LogP contribution in [-0.4, -0.2) is 147 Å². The lowest BCUT2D eigenvalue weighted by Gasteiger charge is -2.30. The number of nitrogens with two attached hydrogens (primary N) is 3. The molecule has 2 aliphatic heterocycles. The molecule has 2 aromatic rings. The highest BCUT2D eigenvalue weighted by Crippen LogP contribution is 2.25. The van der Waals surface area contributed by atoms with Crippen LogP contribution in [0.5, 0.6) is 0 Å². The van der Waals surface area contributed by atoms with Gasteiger partial charge in [-0.05, 0) is 43.7 Å². The Labute approximate surface area is 371 Å². The number of aromatic amines is 1. The zero-order valence-corrected chi connectivity index (χ0v) is 35.7. The van der Waals surface area contributed by atoms with Gasteiger partial charge in [0.15, 0.2) is 5.96 Å². The van der Waals surface area contributed by atoms with E-state index in [0.717, 1.165) is 10.9 Å². The number of nitrogens with one attached hydrogen (secondary N) is 6. The molecule has 3 heterocycles. The van der Waals surface area contributed by atoms with E-state index in [9.17, 15) is 56.6 Å². The number of carbonyl (C=O) groups is 9. The average Bonchev–Trinajstić information content (AvgIpc) is 3.88. The van der Waals surface area contributed by atoms with Gasteiger partial charge in [0.1, 0.15) is 30.2 Å². The van der Waals surface area contributed by atoms with Gasteiger partial charge in [0.05, 0.1) is 13.0 Å². The number of benzene rings is 1. The van der Waals surface area contributed by atoms with E-state index < -0.39 is 103 Å². The summed E-state index contributed by atoms with van der Waals surface area (Å²) in [5.41, 5.74) is 17.8. The molecule has 14 N–H and O–H groups in total. The number of fused-ring (bicyclic) bond motifs is 2. The Morgan fingerprint density at radius 2 is 1.55 bits per heavy atom. The summed E-state index contributed by atoms with van der Waals surface area (Å²) in [6, 6.07) is 1.07. The van der Waals surface area contributed by atoms with Gasteiger partial charge in [-0.25, -0.2) is 4.79 Å². The molecule has 0 unspecified atom stereocenters.